The number of carbonyl (C=O) groups excluding carboxylic acids is 4. The van der Waals surface area contributed by atoms with Gasteiger partial charge in [0.1, 0.15) is 0 Å². The molecule has 36 heavy (non-hydrogen) atoms. The van der Waals surface area contributed by atoms with Crippen LogP contribution in [0.2, 0.25) is 0 Å². The van der Waals surface area contributed by atoms with Gasteiger partial charge in [-0.2, -0.15) is 0 Å². The predicted molar refractivity (Wildman–Crippen MR) is 133 cm³/mol. The summed E-state index contributed by atoms with van der Waals surface area (Å²) in [7, 11) is 0. The largest absolute Gasteiger partial charge is 0.466 e. The monoisotopic (exact) mass is 508 g/mol. The summed E-state index contributed by atoms with van der Waals surface area (Å²) in [6.45, 7) is 12.0. The number of hydrogen-bond donors (Lipinski definition) is 2. The highest BCUT2D eigenvalue weighted by molar-refractivity contribution is 5.98. The fourth-order valence-electron chi connectivity index (χ4n) is 4.17. The van der Waals surface area contributed by atoms with Gasteiger partial charge in [0.15, 0.2) is 5.78 Å². The molecule has 3 rings (SSSR count). The summed E-state index contributed by atoms with van der Waals surface area (Å²) in [6.07, 6.45) is 5.23. The lowest BCUT2D eigenvalue weighted by atomic mass is 10.0. The molecule has 0 spiro atoms. The zero-order valence-electron chi connectivity index (χ0n) is 22.1. The molecular weight excluding hydrogens is 468 g/mol. The maximum Gasteiger partial charge on any atom is 0.313 e. The molecule has 9 nitrogen and oxygen atoms in total. The van der Waals surface area contributed by atoms with Gasteiger partial charge in [0.2, 0.25) is 0 Å². The lowest BCUT2D eigenvalue weighted by Gasteiger charge is -2.10. The van der Waals surface area contributed by atoms with Gasteiger partial charge in [-0.3, -0.25) is 19.2 Å². The van der Waals surface area contributed by atoms with Gasteiger partial charge in [-0.05, 0) is 60.5 Å². The SMILES string of the molecule is CCOC(=O)C1CC(=O)C=C1C.CCOC(=O)[C@H]1C[C@@H](O)C=C1C.CCOC(=O)[C@H]1C[C@H](O)C=C1C. The Morgan fingerprint density at radius 1 is 0.722 bits per heavy atom. The molecular formula is C27H40O9. The highest BCUT2D eigenvalue weighted by atomic mass is 16.5. The van der Waals surface area contributed by atoms with E-state index in [4.69, 9.17) is 14.2 Å². The van der Waals surface area contributed by atoms with Crippen LogP contribution in [0.25, 0.3) is 0 Å². The number of aliphatic hydroxyl groups excluding tert-OH is 2. The van der Waals surface area contributed by atoms with Crippen LogP contribution in [0.3, 0.4) is 0 Å². The minimum Gasteiger partial charge on any atom is -0.466 e. The van der Waals surface area contributed by atoms with E-state index in [1.807, 2.05) is 13.8 Å². The average Bonchev–Trinajstić information content (AvgIpc) is 3.44. The standard InChI is InChI=1S/2C9H14O3.C9H12O3/c3*1-3-12-9(11)8-5-7(10)4-6(8)2/h2*4,7-8,10H,3,5H2,1-2H3;4,8H,3,5H2,1-2H3/t7-,8+;7-,8-;/m10./s1. The van der Waals surface area contributed by atoms with E-state index in [0.29, 0.717) is 32.7 Å². The van der Waals surface area contributed by atoms with Gasteiger partial charge in [0.25, 0.3) is 0 Å². The maximum absolute atomic E-state index is 11.2. The van der Waals surface area contributed by atoms with E-state index in [0.717, 1.165) is 16.7 Å². The number of rotatable bonds is 6. The second-order valence-electron chi connectivity index (χ2n) is 8.90. The number of hydrogen-bond acceptors (Lipinski definition) is 9. The van der Waals surface area contributed by atoms with Crippen molar-refractivity contribution in [1.29, 1.82) is 0 Å². The molecule has 2 N–H and O–H groups in total. The van der Waals surface area contributed by atoms with E-state index in [1.165, 1.54) is 6.08 Å². The molecule has 0 fully saturated rings. The molecule has 0 aliphatic heterocycles. The van der Waals surface area contributed by atoms with Crippen LogP contribution < -0.4 is 0 Å². The summed E-state index contributed by atoms with van der Waals surface area (Å²) in [5, 5.41) is 18.4. The summed E-state index contributed by atoms with van der Waals surface area (Å²) in [6, 6.07) is 0. The second kappa shape index (κ2) is 15.4. The minimum absolute atomic E-state index is 0.0190. The summed E-state index contributed by atoms with van der Waals surface area (Å²) >= 11 is 0. The van der Waals surface area contributed by atoms with Crippen LogP contribution in [0.1, 0.15) is 60.8 Å². The molecule has 1 unspecified atom stereocenters. The normalized spacial score (nSPS) is 26.4. The maximum atomic E-state index is 11.2. The van der Waals surface area contributed by atoms with Crippen LogP contribution >= 0.6 is 0 Å². The van der Waals surface area contributed by atoms with Crippen molar-refractivity contribution in [3.05, 3.63) is 34.9 Å². The number of ether oxygens (including phenoxy) is 3. The summed E-state index contributed by atoms with van der Waals surface area (Å²) < 4.78 is 14.5. The Kier molecular flexibility index (Phi) is 13.3. The Labute approximate surface area is 213 Å². The average molecular weight is 509 g/mol. The van der Waals surface area contributed by atoms with Crippen molar-refractivity contribution in [1.82, 2.24) is 0 Å². The van der Waals surface area contributed by atoms with Gasteiger partial charge in [0, 0.05) is 6.42 Å². The number of aliphatic hydroxyl groups is 2. The first kappa shape index (κ1) is 31.3. The van der Waals surface area contributed by atoms with Crippen LogP contribution in [0.15, 0.2) is 34.9 Å². The third-order valence-electron chi connectivity index (χ3n) is 6.02. The van der Waals surface area contributed by atoms with Crippen LogP contribution in [0.4, 0.5) is 0 Å². The fourth-order valence-corrected chi connectivity index (χ4v) is 4.17. The molecule has 3 aliphatic carbocycles. The van der Waals surface area contributed by atoms with E-state index >= 15 is 0 Å². The third kappa shape index (κ3) is 9.70. The number of allylic oxidation sites excluding steroid dienone is 1. The molecule has 0 saturated carbocycles. The van der Waals surface area contributed by atoms with Crippen molar-refractivity contribution in [2.24, 2.45) is 17.8 Å². The highest BCUT2D eigenvalue weighted by Gasteiger charge is 2.30. The summed E-state index contributed by atoms with van der Waals surface area (Å²) in [4.78, 5) is 44.5. The first-order valence-electron chi connectivity index (χ1n) is 12.4. The number of esters is 3. The lowest BCUT2D eigenvalue weighted by Crippen LogP contribution is -2.18. The van der Waals surface area contributed by atoms with Crippen molar-refractivity contribution < 1.29 is 43.6 Å². The van der Waals surface area contributed by atoms with E-state index in [2.05, 4.69) is 0 Å². The summed E-state index contributed by atoms with van der Waals surface area (Å²) in [5.74, 6) is -1.47. The van der Waals surface area contributed by atoms with Gasteiger partial charge in [-0.15, -0.1) is 0 Å². The van der Waals surface area contributed by atoms with Gasteiger partial charge in [0.05, 0.1) is 49.8 Å². The van der Waals surface area contributed by atoms with Crippen molar-refractivity contribution in [2.45, 2.75) is 73.0 Å². The molecule has 0 bridgehead atoms. The Balaban J connectivity index is 0.000000270. The molecule has 0 amide bonds. The van der Waals surface area contributed by atoms with E-state index in [1.54, 1.807) is 39.8 Å². The molecule has 3 aliphatic rings. The molecule has 0 heterocycles. The smallest absolute Gasteiger partial charge is 0.313 e. The van der Waals surface area contributed by atoms with Gasteiger partial charge >= 0.3 is 17.9 Å². The van der Waals surface area contributed by atoms with E-state index in [9.17, 15) is 29.4 Å². The van der Waals surface area contributed by atoms with Crippen molar-refractivity contribution >= 4 is 23.7 Å². The first-order valence-corrected chi connectivity index (χ1v) is 12.4. The fraction of sp³-hybridized carbons (Fsp3) is 0.630. The van der Waals surface area contributed by atoms with Crippen LogP contribution in [-0.4, -0.2) is 65.9 Å². The zero-order valence-corrected chi connectivity index (χ0v) is 22.1. The topological polar surface area (TPSA) is 136 Å². The predicted octanol–water partition coefficient (Wildman–Crippen LogP) is 2.84. The highest BCUT2D eigenvalue weighted by Crippen LogP contribution is 2.27. The molecule has 0 radical (unpaired) electrons. The molecule has 0 aromatic carbocycles. The van der Waals surface area contributed by atoms with Gasteiger partial charge in [-0.1, -0.05) is 28.9 Å². The quantitative estimate of drug-likeness (QED) is 0.315. The Morgan fingerprint density at radius 2 is 1.08 bits per heavy atom. The van der Waals surface area contributed by atoms with Gasteiger partial charge < -0.3 is 24.4 Å². The van der Waals surface area contributed by atoms with E-state index < -0.39 is 12.2 Å². The number of carbonyl (C=O) groups is 4. The molecule has 202 valence electrons. The molecule has 0 saturated heterocycles. The third-order valence-corrected chi connectivity index (χ3v) is 6.02. The molecule has 5 atom stereocenters. The second-order valence-corrected chi connectivity index (χ2v) is 8.90. The van der Waals surface area contributed by atoms with Crippen LogP contribution in [0.5, 0.6) is 0 Å². The minimum atomic E-state index is -0.473. The van der Waals surface area contributed by atoms with Gasteiger partial charge in [-0.25, -0.2) is 0 Å². The summed E-state index contributed by atoms with van der Waals surface area (Å²) in [5.41, 5.74) is 2.65. The molecule has 0 aromatic rings. The van der Waals surface area contributed by atoms with E-state index in [-0.39, 0.29) is 47.9 Å². The van der Waals surface area contributed by atoms with Crippen molar-refractivity contribution in [3.63, 3.8) is 0 Å². The van der Waals surface area contributed by atoms with Crippen LogP contribution in [0, 0.1) is 17.8 Å². The first-order chi connectivity index (χ1) is 16.9. The Bertz CT molecular complexity index is 838. The Hall–Kier alpha value is -2.78. The van der Waals surface area contributed by atoms with Crippen LogP contribution in [-0.2, 0) is 33.4 Å². The lowest BCUT2D eigenvalue weighted by molar-refractivity contribution is -0.147. The molecule has 0 aromatic heterocycles. The van der Waals surface area contributed by atoms with Crippen molar-refractivity contribution in [3.8, 4) is 0 Å². The zero-order chi connectivity index (χ0) is 27.4. The molecule has 9 heteroatoms. The Morgan fingerprint density at radius 3 is 1.33 bits per heavy atom. The van der Waals surface area contributed by atoms with Crippen molar-refractivity contribution in [2.75, 3.05) is 19.8 Å². The number of ketones is 1.